The molecule has 4 saturated heterocycles. The fourth-order valence-corrected chi connectivity index (χ4v) is 10.1. The predicted octanol–water partition coefficient (Wildman–Crippen LogP) is 6.45. The topological polar surface area (TPSA) is 117 Å². The average molecular weight is 761 g/mol. The number of phenols is 1. The van der Waals surface area contributed by atoms with Gasteiger partial charge in [0.05, 0.1) is 16.5 Å². The van der Waals surface area contributed by atoms with Crippen LogP contribution in [0, 0.1) is 17.6 Å². The summed E-state index contributed by atoms with van der Waals surface area (Å²) in [6.07, 6.45) is 9.42. The van der Waals surface area contributed by atoms with Crippen molar-refractivity contribution in [3.63, 3.8) is 0 Å². The molecule has 296 valence electrons. The zero-order chi connectivity index (χ0) is 38.5. The maximum Gasteiger partial charge on any atom is 0.319 e. The summed E-state index contributed by atoms with van der Waals surface area (Å²) in [6, 6.07) is 6.43. The van der Waals surface area contributed by atoms with Gasteiger partial charge >= 0.3 is 6.01 Å². The number of pyridine rings is 1. The van der Waals surface area contributed by atoms with E-state index in [4.69, 9.17) is 24.2 Å². The van der Waals surface area contributed by atoms with Crippen LogP contribution in [-0.4, -0.2) is 119 Å². The number of likely N-dealkylation sites (tertiary alicyclic amines) is 1. The monoisotopic (exact) mass is 760 g/mol. The second-order valence-electron chi connectivity index (χ2n) is 16.5. The van der Waals surface area contributed by atoms with E-state index in [-0.39, 0.29) is 40.4 Å². The minimum atomic E-state index is -0.948. The molecule has 0 aliphatic carbocycles. The first-order valence-corrected chi connectivity index (χ1v) is 20.0. The maximum atomic E-state index is 17.1. The molecule has 0 spiro atoms. The van der Waals surface area contributed by atoms with Crippen molar-refractivity contribution in [3.05, 3.63) is 47.7 Å². The molecule has 11 nitrogen and oxygen atoms in total. The molecule has 0 amide bonds. The van der Waals surface area contributed by atoms with E-state index in [0.717, 1.165) is 71.1 Å². The van der Waals surface area contributed by atoms with Gasteiger partial charge in [-0.05, 0) is 119 Å². The van der Waals surface area contributed by atoms with E-state index >= 15 is 8.78 Å². The van der Waals surface area contributed by atoms with E-state index in [2.05, 4.69) is 14.8 Å². The van der Waals surface area contributed by atoms with Crippen molar-refractivity contribution in [1.82, 2.24) is 24.8 Å². The second-order valence-corrected chi connectivity index (χ2v) is 16.5. The first-order valence-electron chi connectivity index (χ1n) is 20.0. The quantitative estimate of drug-likeness (QED) is 0.165. The lowest BCUT2D eigenvalue weighted by Gasteiger charge is -2.39. The Morgan fingerprint density at radius 3 is 2.51 bits per heavy atom. The SMILES string of the molecule is CCc1c(F)ccc2cc(O)cc(-c3ncc4c(N5CCC[C@@](C)(O)C5)nc(OC[C@@]56CCCN5[C@H](CN5CCC(C(OC)OC)CC5)CC6)nc4c3F)c12. The number of piperidine rings is 2. The summed E-state index contributed by atoms with van der Waals surface area (Å²) in [5.41, 5.74) is -0.417. The van der Waals surface area contributed by atoms with E-state index < -0.39 is 17.2 Å². The molecule has 6 heterocycles. The van der Waals surface area contributed by atoms with Crippen LogP contribution in [0.3, 0.4) is 0 Å². The fourth-order valence-electron chi connectivity index (χ4n) is 10.1. The van der Waals surface area contributed by atoms with Crippen molar-refractivity contribution in [1.29, 1.82) is 0 Å². The number of aromatic hydroxyl groups is 1. The van der Waals surface area contributed by atoms with Gasteiger partial charge in [0.1, 0.15) is 35.2 Å². The van der Waals surface area contributed by atoms with Crippen LogP contribution in [0.5, 0.6) is 11.8 Å². The Balaban J connectivity index is 1.11. The molecule has 4 aliphatic rings. The Kier molecular flexibility index (Phi) is 10.6. The minimum absolute atomic E-state index is 0.0267. The number of hydrogen-bond donors (Lipinski definition) is 2. The summed E-state index contributed by atoms with van der Waals surface area (Å²) in [5.74, 6) is -0.324. The van der Waals surface area contributed by atoms with Crippen LogP contribution in [0.4, 0.5) is 14.6 Å². The number of benzene rings is 2. The number of aryl methyl sites for hydroxylation is 1. The second kappa shape index (κ2) is 15.3. The third-order valence-corrected chi connectivity index (χ3v) is 12.8. The molecule has 2 aromatic heterocycles. The molecule has 8 rings (SSSR count). The summed E-state index contributed by atoms with van der Waals surface area (Å²) in [7, 11) is 3.43. The van der Waals surface area contributed by atoms with Gasteiger partial charge in [0, 0.05) is 57.6 Å². The molecule has 0 saturated carbocycles. The number of phenolic OH excluding ortho intramolecular Hbond substituents is 1. The van der Waals surface area contributed by atoms with Crippen LogP contribution in [0.25, 0.3) is 32.9 Å². The number of methoxy groups -OCH3 is 2. The van der Waals surface area contributed by atoms with Crippen LogP contribution >= 0.6 is 0 Å². The number of rotatable bonds is 11. The molecule has 55 heavy (non-hydrogen) atoms. The Bertz CT molecular complexity index is 2040. The maximum absolute atomic E-state index is 17.1. The molecule has 2 N–H and O–H groups in total. The molecule has 4 aliphatic heterocycles. The Hall–Kier alpha value is -3.75. The molecule has 4 fully saturated rings. The molecule has 0 radical (unpaired) electrons. The van der Waals surface area contributed by atoms with E-state index in [9.17, 15) is 10.2 Å². The normalized spacial score (nSPS) is 25.5. The number of β-amino-alcohol motifs (C(OH)–C–C–N with tert-alkyl or cyclic N) is 1. The van der Waals surface area contributed by atoms with E-state index in [1.54, 1.807) is 39.5 Å². The van der Waals surface area contributed by atoms with Gasteiger partial charge < -0.3 is 34.2 Å². The molecular formula is C42H54F2N6O5. The van der Waals surface area contributed by atoms with Crippen molar-refractivity contribution < 1.29 is 33.2 Å². The highest BCUT2D eigenvalue weighted by molar-refractivity contribution is 6.01. The molecule has 2 aromatic carbocycles. The van der Waals surface area contributed by atoms with Crippen molar-refractivity contribution in [2.24, 2.45) is 5.92 Å². The summed E-state index contributed by atoms with van der Waals surface area (Å²) >= 11 is 0. The molecule has 0 unspecified atom stereocenters. The van der Waals surface area contributed by atoms with Gasteiger partial charge in [0.25, 0.3) is 0 Å². The van der Waals surface area contributed by atoms with Crippen molar-refractivity contribution in [2.75, 3.05) is 65.0 Å². The lowest BCUT2D eigenvalue weighted by molar-refractivity contribution is -0.147. The third kappa shape index (κ3) is 7.22. The van der Waals surface area contributed by atoms with Crippen LogP contribution in [0.15, 0.2) is 30.5 Å². The molecule has 4 aromatic rings. The van der Waals surface area contributed by atoms with Gasteiger partial charge in [-0.15, -0.1) is 0 Å². The van der Waals surface area contributed by atoms with Gasteiger partial charge in [-0.25, -0.2) is 8.78 Å². The number of nitrogens with zero attached hydrogens (tertiary/aromatic N) is 6. The fraction of sp³-hybridized carbons (Fsp3) is 0.595. The van der Waals surface area contributed by atoms with Crippen LogP contribution < -0.4 is 9.64 Å². The number of fused-ring (bicyclic) bond motifs is 3. The lowest BCUT2D eigenvalue weighted by atomic mass is 9.94. The Labute approximate surface area is 321 Å². The number of aliphatic hydroxyl groups is 1. The summed E-state index contributed by atoms with van der Waals surface area (Å²) in [6.45, 7) is 9.03. The number of ether oxygens (including phenoxy) is 3. The third-order valence-electron chi connectivity index (χ3n) is 12.8. The number of aromatic nitrogens is 3. The Morgan fingerprint density at radius 2 is 1.76 bits per heavy atom. The van der Waals surface area contributed by atoms with Crippen molar-refractivity contribution >= 4 is 27.5 Å². The molecule has 0 bridgehead atoms. The highest BCUT2D eigenvalue weighted by Gasteiger charge is 2.50. The standard InChI is InChI=1S/C42H54F2N6O5/c1-5-30-33(43)9-8-27-20-29(51)21-31(34(27)30)36-35(44)37-32(22-45-36)38(49-16-6-13-41(2,52)24-49)47-40(46-37)55-25-42-14-7-17-50(42)28(10-15-42)23-48-18-11-26(12-19-48)39(53-3)54-4/h8-9,20-22,26,28,39,51-52H,5-7,10-19,23-25H2,1-4H3/t28-,41+,42-/m0/s1. The lowest BCUT2D eigenvalue weighted by Crippen LogP contribution is -2.51. The van der Waals surface area contributed by atoms with Gasteiger partial charge in [-0.2, -0.15) is 9.97 Å². The largest absolute Gasteiger partial charge is 0.508 e. The highest BCUT2D eigenvalue weighted by atomic mass is 19.1. The zero-order valence-electron chi connectivity index (χ0n) is 32.5. The van der Waals surface area contributed by atoms with Gasteiger partial charge in [0.2, 0.25) is 0 Å². The Morgan fingerprint density at radius 1 is 0.982 bits per heavy atom. The predicted molar refractivity (Wildman–Crippen MR) is 207 cm³/mol. The highest BCUT2D eigenvalue weighted by Crippen LogP contribution is 2.44. The summed E-state index contributed by atoms with van der Waals surface area (Å²) in [5, 5.41) is 23.2. The zero-order valence-corrected chi connectivity index (χ0v) is 32.5. The first kappa shape index (κ1) is 38.1. The van der Waals surface area contributed by atoms with Gasteiger partial charge in [-0.1, -0.05) is 13.0 Å². The van der Waals surface area contributed by atoms with E-state index in [1.807, 2.05) is 11.8 Å². The van der Waals surface area contributed by atoms with Gasteiger partial charge in [0.15, 0.2) is 12.1 Å². The van der Waals surface area contributed by atoms with Crippen LogP contribution in [-0.2, 0) is 15.9 Å². The molecular weight excluding hydrogens is 706 g/mol. The van der Waals surface area contributed by atoms with Crippen LogP contribution in [0.2, 0.25) is 0 Å². The van der Waals surface area contributed by atoms with Crippen molar-refractivity contribution in [2.45, 2.75) is 95.1 Å². The summed E-state index contributed by atoms with van der Waals surface area (Å²) < 4.78 is 49.8. The number of anilines is 1. The van der Waals surface area contributed by atoms with E-state index in [1.165, 1.54) is 12.1 Å². The molecule has 3 atom stereocenters. The average Bonchev–Trinajstić information content (AvgIpc) is 3.74. The van der Waals surface area contributed by atoms with Gasteiger partial charge in [-0.3, -0.25) is 9.88 Å². The minimum Gasteiger partial charge on any atom is -0.508 e. The van der Waals surface area contributed by atoms with E-state index in [0.29, 0.717) is 72.0 Å². The summed E-state index contributed by atoms with van der Waals surface area (Å²) in [4.78, 5) is 21.4. The van der Waals surface area contributed by atoms with Crippen molar-refractivity contribution in [3.8, 4) is 23.0 Å². The number of halogens is 2. The van der Waals surface area contributed by atoms with Crippen LogP contribution in [0.1, 0.15) is 70.8 Å². The smallest absolute Gasteiger partial charge is 0.319 e. The first-order chi connectivity index (χ1) is 26.5. The number of hydrogen-bond acceptors (Lipinski definition) is 11. The molecule has 13 heteroatoms.